The molecule has 0 aliphatic heterocycles. The van der Waals surface area contributed by atoms with Crippen LogP contribution in [0.15, 0.2) is 58.4 Å². The second-order valence-electron chi connectivity index (χ2n) is 6.61. The Morgan fingerprint density at radius 1 is 1.21 bits per heavy atom. The lowest BCUT2D eigenvalue weighted by Crippen LogP contribution is -2.14. The first-order chi connectivity index (χ1) is 14.0. The van der Waals surface area contributed by atoms with Crippen molar-refractivity contribution in [3.8, 4) is 5.75 Å². The Hall–Kier alpha value is -3.26. The number of phenols is 1. The van der Waals surface area contributed by atoms with Gasteiger partial charge in [-0.15, -0.1) is 0 Å². The van der Waals surface area contributed by atoms with Crippen molar-refractivity contribution in [1.82, 2.24) is 14.5 Å². The molecule has 29 heavy (non-hydrogen) atoms. The molecule has 3 aromatic heterocycles. The predicted octanol–water partition coefficient (Wildman–Crippen LogP) is 4.13. The molecule has 3 heterocycles. The maximum Gasteiger partial charge on any atom is 0.234 e. The number of carbonyl (C=O) groups excluding carboxylic acids is 1. The van der Waals surface area contributed by atoms with Crippen LogP contribution in [0.1, 0.15) is 17.0 Å². The van der Waals surface area contributed by atoms with Gasteiger partial charge in [0.25, 0.3) is 0 Å². The normalized spacial score (nSPS) is 11.1. The molecule has 0 fully saturated rings. The minimum atomic E-state index is -0.215. The van der Waals surface area contributed by atoms with E-state index in [0.717, 1.165) is 33.1 Å². The lowest BCUT2D eigenvalue weighted by molar-refractivity contribution is -0.113. The number of hydrogen-bond acceptors (Lipinski definition) is 6. The van der Waals surface area contributed by atoms with Crippen molar-refractivity contribution >= 4 is 34.4 Å². The molecule has 2 N–H and O–H groups in total. The van der Waals surface area contributed by atoms with Gasteiger partial charge in [-0.3, -0.25) is 4.79 Å². The Kier molecular flexibility index (Phi) is 5.26. The van der Waals surface area contributed by atoms with Crippen LogP contribution in [0.3, 0.4) is 0 Å². The third-order valence-electron chi connectivity index (χ3n) is 4.78. The second kappa shape index (κ2) is 8.00. The van der Waals surface area contributed by atoms with Gasteiger partial charge in [0.2, 0.25) is 5.91 Å². The van der Waals surface area contributed by atoms with Gasteiger partial charge < -0.3 is 19.4 Å². The molecule has 4 aromatic rings. The number of benzene rings is 1. The van der Waals surface area contributed by atoms with Crippen molar-refractivity contribution in [2.45, 2.75) is 25.4 Å². The van der Waals surface area contributed by atoms with Crippen LogP contribution >= 0.6 is 11.8 Å². The zero-order valence-electron chi connectivity index (χ0n) is 16.0. The van der Waals surface area contributed by atoms with Crippen LogP contribution in [0, 0.1) is 13.8 Å². The molecule has 8 heteroatoms. The number of phenolic OH excluding ortho intramolecular Hbond substituents is 1. The molecule has 0 aliphatic carbocycles. The Labute approximate surface area is 171 Å². The monoisotopic (exact) mass is 408 g/mol. The van der Waals surface area contributed by atoms with Crippen LogP contribution in [-0.4, -0.2) is 31.3 Å². The molecule has 0 atom stereocenters. The first-order valence-corrected chi connectivity index (χ1v) is 10.1. The molecular weight excluding hydrogens is 388 g/mol. The highest BCUT2D eigenvalue weighted by Gasteiger charge is 2.18. The molecule has 0 aliphatic rings. The highest BCUT2D eigenvalue weighted by Crippen LogP contribution is 2.32. The number of para-hydroxylation sites is 2. The largest absolute Gasteiger partial charge is 0.506 e. The van der Waals surface area contributed by atoms with Crippen molar-refractivity contribution < 1.29 is 14.3 Å². The predicted molar refractivity (Wildman–Crippen MR) is 112 cm³/mol. The SMILES string of the molecule is Cc1c(C)n(Cc2ccco2)c2ncnc(SCC(=O)Nc3ccccc3O)c12. The third kappa shape index (κ3) is 3.84. The molecule has 0 bridgehead atoms. The van der Waals surface area contributed by atoms with Gasteiger partial charge in [-0.1, -0.05) is 23.9 Å². The number of rotatable bonds is 6. The number of fused-ring (bicyclic) bond motifs is 1. The van der Waals surface area contributed by atoms with Crippen molar-refractivity contribution in [3.63, 3.8) is 0 Å². The van der Waals surface area contributed by atoms with E-state index in [1.807, 2.05) is 26.0 Å². The molecule has 4 rings (SSSR count). The van der Waals surface area contributed by atoms with Crippen LogP contribution in [0.25, 0.3) is 11.0 Å². The van der Waals surface area contributed by atoms with Gasteiger partial charge in [-0.2, -0.15) is 0 Å². The van der Waals surface area contributed by atoms with E-state index in [-0.39, 0.29) is 17.4 Å². The number of thioether (sulfide) groups is 1. The summed E-state index contributed by atoms with van der Waals surface area (Å²) in [6.45, 7) is 4.66. The van der Waals surface area contributed by atoms with Crippen LogP contribution in [0.5, 0.6) is 5.75 Å². The summed E-state index contributed by atoms with van der Waals surface area (Å²) in [5.74, 6) is 0.840. The molecular formula is C21H20N4O3S. The summed E-state index contributed by atoms with van der Waals surface area (Å²) in [6.07, 6.45) is 3.17. The maximum absolute atomic E-state index is 12.3. The van der Waals surface area contributed by atoms with Gasteiger partial charge in [-0.25, -0.2) is 9.97 Å². The van der Waals surface area contributed by atoms with Crippen LogP contribution < -0.4 is 5.32 Å². The van der Waals surface area contributed by atoms with Gasteiger partial charge in [0, 0.05) is 5.69 Å². The molecule has 0 unspecified atom stereocenters. The average molecular weight is 408 g/mol. The van der Waals surface area contributed by atoms with E-state index in [0.29, 0.717) is 12.2 Å². The fraction of sp³-hybridized carbons (Fsp3) is 0.190. The van der Waals surface area contributed by atoms with Gasteiger partial charge in [-0.05, 0) is 43.7 Å². The molecule has 1 aromatic carbocycles. The van der Waals surface area contributed by atoms with E-state index in [9.17, 15) is 9.90 Å². The number of amides is 1. The quantitative estimate of drug-likeness (QED) is 0.283. The number of aromatic nitrogens is 3. The standard InChI is InChI=1S/C21H20N4O3S/c1-13-14(2)25(10-15-6-5-9-28-15)20-19(13)21(23-12-22-20)29-11-18(27)24-16-7-3-4-8-17(16)26/h3-9,12,26H,10-11H2,1-2H3,(H,24,27). The number of nitrogens with zero attached hydrogens (tertiary/aromatic N) is 3. The molecule has 0 spiro atoms. The maximum atomic E-state index is 12.3. The number of anilines is 1. The summed E-state index contributed by atoms with van der Waals surface area (Å²) in [4.78, 5) is 21.2. The lowest BCUT2D eigenvalue weighted by atomic mass is 10.2. The highest BCUT2D eigenvalue weighted by molar-refractivity contribution is 8.00. The van der Waals surface area contributed by atoms with Crippen molar-refractivity contribution in [3.05, 3.63) is 66.0 Å². The number of furan rings is 1. The van der Waals surface area contributed by atoms with E-state index in [2.05, 4.69) is 19.9 Å². The van der Waals surface area contributed by atoms with Crippen molar-refractivity contribution in [1.29, 1.82) is 0 Å². The third-order valence-corrected chi connectivity index (χ3v) is 5.77. The average Bonchev–Trinajstić information content (AvgIpc) is 3.31. The Morgan fingerprint density at radius 2 is 2.03 bits per heavy atom. The number of nitrogens with one attached hydrogen (secondary N) is 1. The van der Waals surface area contributed by atoms with Gasteiger partial charge in [0.1, 0.15) is 28.5 Å². The summed E-state index contributed by atoms with van der Waals surface area (Å²) in [7, 11) is 0. The summed E-state index contributed by atoms with van der Waals surface area (Å²) in [5, 5.41) is 14.2. The molecule has 7 nitrogen and oxygen atoms in total. The summed E-state index contributed by atoms with van der Waals surface area (Å²) in [6, 6.07) is 10.4. The van der Waals surface area contributed by atoms with Gasteiger partial charge in [0.15, 0.2) is 0 Å². The highest BCUT2D eigenvalue weighted by atomic mass is 32.2. The summed E-state index contributed by atoms with van der Waals surface area (Å²) >= 11 is 1.35. The molecule has 1 amide bonds. The topological polar surface area (TPSA) is 93.2 Å². The van der Waals surface area contributed by atoms with Crippen molar-refractivity contribution in [2.75, 3.05) is 11.1 Å². The number of aryl methyl sites for hydroxylation is 1. The van der Waals surface area contributed by atoms with Crippen LogP contribution in [0.2, 0.25) is 0 Å². The minimum Gasteiger partial charge on any atom is -0.506 e. The number of hydrogen-bond donors (Lipinski definition) is 2. The molecule has 148 valence electrons. The van der Waals surface area contributed by atoms with E-state index >= 15 is 0 Å². The zero-order chi connectivity index (χ0) is 20.4. The van der Waals surface area contributed by atoms with Crippen molar-refractivity contribution in [2.24, 2.45) is 0 Å². The van der Waals surface area contributed by atoms with Crippen LogP contribution in [0.4, 0.5) is 5.69 Å². The fourth-order valence-corrected chi connectivity index (χ4v) is 4.05. The Morgan fingerprint density at radius 3 is 2.79 bits per heavy atom. The Balaban J connectivity index is 1.56. The van der Waals surface area contributed by atoms with E-state index < -0.39 is 0 Å². The Bertz CT molecular complexity index is 1170. The number of aromatic hydroxyl groups is 1. The van der Waals surface area contributed by atoms with Gasteiger partial charge in [0.05, 0.1) is 29.6 Å². The minimum absolute atomic E-state index is 0.0387. The first-order valence-electron chi connectivity index (χ1n) is 9.08. The van der Waals surface area contributed by atoms with E-state index in [1.165, 1.54) is 24.2 Å². The van der Waals surface area contributed by atoms with Gasteiger partial charge >= 0.3 is 0 Å². The summed E-state index contributed by atoms with van der Waals surface area (Å²) < 4.78 is 7.58. The van der Waals surface area contributed by atoms with E-state index in [1.54, 1.807) is 24.5 Å². The molecule has 0 saturated heterocycles. The van der Waals surface area contributed by atoms with E-state index in [4.69, 9.17) is 4.42 Å². The summed E-state index contributed by atoms with van der Waals surface area (Å²) in [5.41, 5.74) is 3.37. The molecule has 0 saturated carbocycles. The second-order valence-corrected chi connectivity index (χ2v) is 7.57. The van der Waals surface area contributed by atoms with Crippen LogP contribution in [-0.2, 0) is 11.3 Å². The smallest absolute Gasteiger partial charge is 0.234 e. The zero-order valence-corrected chi connectivity index (χ0v) is 16.9. The number of carbonyl (C=O) groups is 1. The first kappa shape index (κ1) is 19.1. The molecule has 0 radical (unpaired) electrons. The fourth-order valence-electron chi connectivity index (χ4n) is 3.20. The lowest BCUT2D eigenvalue weighted by Gasteiger charge is -2.07.